The van der Waals surface area contributed by atoms with Gasteiger partial charge in [-0.1, -0.05) is 218 Å². The van der Waals surface area contributed by atoms with E-state index in [0.717, 1.165) is 99.5 Å². The summed E-state index contributed by atoms with van der Waals surface area (Å²) in [5, 5.41) is 9.13. The lowest BCUT2D eigenvalue weighted by Crippen LogP contribution is -1.93. The summed E-state index contributed by atoms with van der Waals surface area (Å²) in [6.07, 6.45) is 0. The maximum atomic E-state index is 6.71. The molecule has 2 heteroatoms. The summed E-state index contributed by atoms with van der Waals surface area (Å²) in [6.45, 7) is 0. The number of hydrogen-bond acceptors (Lipinski definition) is 2. The van der Waals surface area contributed by atoms with Gasteiger partial charge in [0.25, 0.3) is 0 Å². The molecular weight excluding hydrogens is 921 g/mol. The molecule has 0 aliphatic carbocycles. The first kappa shape index (κ1) is 43.6. The van der Waals surface area contributed by atoms with Crippen molar-refractivity contribution in [3.63, 3.8) is 0 Å². The molecule has 0 unspecified atom stereocenters. The number of benzene rings is 13. The minimum absolute atomic E-state index is 0.870. The van der Waals surface area contributed by atoms with Crippen molar-refractivity contribution in [2.24, 2.45) is 0 Å². The quantitative estimate of drug-likeness (QED) is 0.142. The third-order valence-electron chi connectivity index (χ3n) is 15.5. The fraction of sp³-hybridized carbons (Fsp3) is 0. The normalized spacial score (nSPS) is 11.7. The van der Waals surface area contributed by atoms with Gasteiger partial charge in [-0.05, 0) is 171 Å². The van der Waals surface area contributed by atoms with Gasteiger partial charge < -0.3 is 8.83 Å². The van der Waals surface area contributed by atoms with Crippen molar-refractivity contribution < 1.29 is 8.83 Å². The molecule has 0 radical (unpaired) electrons. The zero-order chi connectivity index (χ0) is 50.1. The van der Waals surface area contributed by atoms with Gasteiger partial charge in [0.05, 0.1) is 0 Å². The van der Waals surface area contributed by atoms with Crippen LogP contribution in [0, 0.1) is 0 Å². The van der Waals surface area contributed by atoms with Gasteiger partial charge in [-0.15, -0.1) is 0 Å². The van der Waals surface area contributed by atoms with Crippen LogP contribution in [0.4, 0.5) is 0 Å². The molecular formula is C74H46O2. The van der Waals surface area contributed by atoms with Crippen LogP contribution in [0.1, 0.15) is 0 Å². The molecule has 0 fully saturated rings. The van der Waals surface area contributed by atoms with E-state index in [1.165, 1.54) is 54.9 Å². The van der Waals surface area contributed by atoms with Crippen molar-refractivity contribution in [1.29, 1.82) is 0 Å². The van der Waals surface area contributed by atoms with E-state index in [9.17, 15) is 0 Å². The van der Waals surface area contributed by atoms with E-state index in [-0.39, 0.29) is 0 Å². The predicted octanol–water partition coefficient (Wildman–Crippen LogP) is 21.1. The predicted molar refractivity (Wildman–Crippen MR) is 319 cm³/mol. The summed E-state index contributed by atoms with van der Waals surface area (Å²) in [7, 11) is 0. The molecule has 15 rings (SSSR count). The average Bonchev–Trinajstić information content (AvgIpc) is 4.15. The van der Waals surface area contributed by atoms with Crippen LogP contribution in [0.2, 0.25) is 0 Å². The van der Waals surface area contributed by atoms with Gasteiger partial charge in [-0.25, -0.2) is 0 Å². The van der Waals surface area contributed by atoms with E-state index in [4.69, 9.17) is 8.83 Å². The SMILES string of the molecule is c1ccc(-c2cccc(-c3c4ccc(-c5cccc6oc7cc(-c8ccccc8)ccc7c56)cc4c(-c4cccc(-c5ccccc5)c4)c4ccc(-c5cccc6oc7cc(-c8ccccc8)ccc7c56)cc34)c2)cc1. The molecule has 0 aliphatic heterocycles. The van der Waals surface area contributed by atoms with Crippen LogP contribution in [0.3, 0.4) is 0 Å². The van der Waals surface area contributed by atoms with Crippen molar-refractivity contribution in [2.75, 3.05) is 0 Å². The highest BCUT2D eigenvalue weighted by Gasteiger charge is 2.22. The number of rotatable bonds is 8. The molecule has 0 saturated carbocycles. The van der Waals surface area contributed by atoms with Gasteiger partial charge in [0.1, 0.15) is 22.3 Å². The molecule has 0 bridgehead atoms. The molecule has 2 aromatic heterocycles. The van der Waals surface area contributed by atoms with E-state index in [1.54, 1.807) is 0 Å². The van der Waals surface area contributed by atoms with E-state index < -0.39 is 0 Å². The Morgan fingerprint density at radius 3 is 0.882 bits per heavy atom. The van der Waals surface area contributed by atoms with Crippen LogP contribution >= 0.6 is 0 Å². The Kier molecular flexibility index (Phi) is 10.2. The largest absolute Gasteiger partial charge is 0.456 e. The molecule has 76 heavy (non-hydrogen) atoms. The number of furan rings is 2. The van der Waals surface area contributed by atoms with Crippen LogP contribution in [0.5, 0.6) is 0 Å². The molecule has 0 spiro atoms. The third-order valence-corrected chi connectivity index (χ3v) is 15.5. The summed E-state index contributed by atoms with van der Waals surface area (Å²) in [5.74, 6) is 0. The molecule has 0 amide bonds. The third kappa shape index (κ3) is 7.34. The summed E-state index contributed by atoms with van der Waals surface area (Å²) < 4.78 is 13.4. The van der Waals surface area contributed by atoms with Gasteiger partial charge in [0.2, 0.25) is 0 Å². The lowest BCUT2D eigenvalue weighted by molar-refractivity contribution is 0.669. The van der Waals surface area contributed by atoms with Crippen molar-refractivity contribution in [3.8, 4) is 89.0 Å². The first-order valence-corrected chi connectivity index (χ1v) is 26.0. The highest BCUT2D eigenvalue weighted by atomic mass is 16.3. The standard InChI is InChI=1S/C74H46O2/c1-5-17-47(18-6-1)51-25-13-27-57(41-51)71-61-37-35-56(60-30-16-32-68-74(60)64-40-34-54(46-70(64)76-68)50-23-11-4-12-24-50)44-66(61)72(58-28-14-26-52(42-58)48-19-7-2-8-20-48)62-38-36-55(43-65(62)71)59-29-15-31-67-73(59)63-39-33-53(45-69(63)75-67)49-21-9-3-10-22-49/h1-46H. The summed E-state index contributed by atoms with van der Waals surface area (Å²) >= 11 is 0. The Balaban J connectivity index is 1.01. The van der Waals surface area contributed by atoms with Crippen LogP contribution < -0.4 is 0 Å². The first-order chi connectivity index (χ1) is 37.7. The molecule has 354 valence electrons. The molecule has 15 aromatic rings. The Hall–Kier alpha value is -10.0. The van der Waals surface area contributed by atoms with Crippen LogP contribution in [-0.2, 0) is 0 Å². The summed E-state index contributed by atoms with van der Waals surface area (Å²) in [4.78, 5) is 0. The summed E-state index contributed by atoms with van der Waals surface area (Å²) in [6, 6.07) is 101. The molecule has 13 aromatic carbocycles. The van der Waals surface area contributed by atoms with Gasteiger partial charge in [-0.2, -0.15) is 0 Å². The molecule has 2 nitrogen and oxygen atoms in total. The zero-order valence-corrected chi connectivity index (χ0v) is 41.4. The van der Waals surface area contributed by atoms with Crippen LogP contribution in [-0.4, -0.2) is 0 Å². The van der Waals surface area contributed by atoms with E-state index in [0.29, 0.717) is 0 Å². The fourth-order valence-corrected chi connectivity index (χ4v) is 11.9. The molecule has 0 aliphatic rings. The fourth-order valence-electron chi connectivity index (χ4n) is 11.9. The van der Waals surface area contributed by atoms with Gasteiger partial charge in [0.15, 0.2) is 0 Å². The molecule has 2 heterocycles. The second-order valence-electron chi connectivity index (χ2n) is 19.9. The smallest absolute Gasteiger partial charge is 0.136 e. The number of hydrogen-bond donors (Lipinski definition) is 0. The molecule has 0 saturated heterocycles. The van der Waals surface area contributed by atoms with Crippen molar-refractivity contribution in [1.82, 2.24) is 0 Å². The minimum Gasteiger partial charge on any atom is -0.456 e. The van der Waals surface area contributed by atoms with Crippen LogP contribution in [0.15, 0.2) is 288 Å². The highest BCUT2D eigenvalue weighted by molar-refractivity contribution is 6.24. The first-order valence-electron chi connectivity index (χ1n) is 26.0. The summed E-state index contributed by atoms with van der Waals surface area (Å²) in [5.41, 5.74) is 22.0. The van der Waals surface area contributed by atoms with Crippen LogP contribution in [0.25, 0.3) is 154 Å². The van der Waals surface area contributed by atoms with Crippen molar-refractivity contribution in [3.05, 3.63) is 279 Å². The number of fused-ring (bicyclic) bond motifs is 8. The Bertz CT molecular complexity index is 4410. The maximum Gasteiger partial charge on any atom is 0.136 e. The average molecular weight is 967 g/mol. The van der Waals surface area contributed by atoms with Crippen molar-refractivity contribution in [2.45, 2.75) is 0 Å². The topological polar surface area (TPSA) is 26.3 Å². The highest BCUT2D eigenvalue weighted by Crippen LogP contribution is 2.49. The Labute approximate surface area is 440 Å². The van der Waals surface area contributed by atoms with Crippen molar-refractivity contribution >= 4 is 65.4 Å². The zero-order valence-electron chi connectivity index (χ0n) is 41.4. The van der Waals surface area contributed by atoms with E-state index in [2.05, 4.69) is 279 Å². The maximum absolute atomic E-state index is 6.71. The van der Waals surface area contributed by atoms with E-state index in [1.807, 2.05) is 0 Å². The van der Waals surface area contributed by atoms with Gasteiger partial charge in [0, 0.05) is 21.5 Å². The lowest BCUT2D eigenvalue weighted by atomic mass is 9.82. The Morgan fingerprint density at radius 1 is 0.171 bits per heavy atom. The Morgan fingerprint density at radius 2 is 0.487 bits per heavy atom. The molecule has 0 atom stereocenters. The second kappa shape index (κ2) is 17.9. The second-order valence-corrected chi connectivity index (χ2v) is 19.9. The monoisotopic (exact) mass is 966 g/mol. The van der Waals surface area contributed by atoms with Gasteiger partial charge in [-0.3, -0.25) is 0 Å². The minimum atomic E-state index is 0.870. The lowest BCUT2D eigenvalue weighted by Gasteiger charge is -2.20. The molecule has 0 N–H and O–H groups in total. The van der Waals surface area contributed by atoms with Gasteiger partial charge >= 0.3 is 0 Å². The van der Waals surface area contributed by atoms with E-state index >= 15 is 0 Å².